The summed E-state index contributed by atoms with van der Waals surface area (Å²) in [5, 5.41) is 0. The van der Waals surface area contributed by atoms with Crippen molar-refractivity contribution in [2.75, 3.05) is 58.4 Å². The average Bonchev–Trinajstić information content (AvgIpc) is 3.35. The number of hydrogen-bond donors (Lipinski definition) is 0. The van der Waals surface area contributed by atoms with E-state index in [1.165, 1.54) is 6.42 Å². The lowest BCUT2D eigenvalue weighted by Crippen LogP contribution is -2.63. The number of unbranched alkanes of at least 4 members (excludes halogenated alkanes) is 1. The van der Waals surface area contributed by atoms with Crippen LogP contribution in [0.5, 0.6) is 0 Å². The first-order chi connectivity index (χ1) is 22.8. The first-order valence-electron chi connectivity index (χ1n) is 18.2. The molecule has 0 heterocycles. The molecule has 0 aromatic rings. The predicted molar refractivity (Wildman–Crippen MR) is 186 cm³/mol. The van der Waals surface area contributed by atoms with Crippen LogP contribution in [0.3, 0.4) is 0 Å². The second-order valence-electron chi connectivity index (χ2n) is 15.7. The van der Waals surface area contributed by atoms with Crippen LogP contribution in [0, 0.1) is 46.3 Å². The van der Waals surface area contributed by atoms with Gasteiger partial charge in [0.15, 0.2) is 0 Å². The average molecular weight is 759 g/mol. The van der Waals surface area contributed by atoms with Crippen LogP contribution in [0.25, 0.3) is 0 Å². The van der Waals surface area contributed by atoms with E-state index in [1.807, 2.05) is 0 Å². The first kappa shape index (κ1) is 41.4. The van der Waals surface area contributed by atoms with Gasteiger partial charge in [0.25, 0.3) is 30.4 Å². The van der Waals surface area contributed by atoms with Crippen LogP contribution in [0.1, 0.15) is 91.9 Å². The minimum atomic E-state index is -3.59. The third-order valence-corrected chi connectivity index (χ3v) is 14.4. The lowest BCUT2D eigenvalue weighted by Gasteiger charge is -2.64. The summed E-state index contributed by atoms with van der Waals surface area (Å²) < 4.78 is 104. The highest BCUT2D eigenvalue weighted by Crippen LogP contribution is 2.69. The van der Waals surface area contributed by atoms with Crippen molar-refractivity contribution >= 4 is 30.4 Å². The van der Waals surface area contributed by atoms with Gasteiger partial charge in [-0.2, -0.15) is 25.3 Å². The van der Waals surface area contributed by atoms with Crippen molar-refractivity contribution in [1.82, 2.24) is 0 Å². The molecule has 11 atom stereocenters. The van der Waals surface area contributed by atoms with Gasteiger partial charge in [0, 0.05) is 5.41 Å². The Bertz CT molecular complexity index is 1400. The number of hydrogen-bond acceptors (Lipinski definition) is 12. The Hall–Kier alpha value is -0.390. The van der Waals surface area contributed by atoms with Crippen LogP contribution in [-0.2, 0) is 57.1 Å². The fraction of sp³-hybridized carbons (Fsp3) is 1.00. The Morgan fingerprint density at radius 1 is 0.694 bits per heavy atom. The molecule has 49 heavy (non-hydrogen) atoms. The summed E-state index contributed by atoms with van der Waals surface area (Å²) in [6.07, 6.45) is 12.8. The fourth-order valence-corrected chi connectivity index (χ4v) is 11.6. The molecule has 0 bridgehead atoms. The number of rotatable bonds is 19. The Kier molecular flexibility index (Phi) is 14.1. The normalized spacial score (nSPS) is 37.3. The molecule has 0 aliphatic heterocycles. The fourth-order valence-electron chi connectivity index (χ4n) is 10.5. The molecule has 288 valence electrons. The lowest BCUT2D eigenvalue weighted by molar-refractivity contribution is -0.229. The highest BCUT2D eigenvalue weighted by molar-refractivity contribution is 7.86. The van der Waals surface area contributed by atoms with E-state index in [2.05, 4.69) is 27.7 Å². The minimum absolute atomic E-state index is 0.0188. The Labute approximate surface area is 296 Å². The Morgan fingerprint density at radius 2 is 1.27 bits per heavy atom. The van der Waals surface area contributed by atoms with Crippen molar-refractivity contribution in [2.24, 2.45) is 46.3 Å². The molecule has 0 saturated heterocycles. The van der Waals surface area contributed by atoms with E-state index in [1.54, 1.807) is 0 Å². The molecular weight excluding hydrogens is 697 g/mol. The van der Waals surface area contributed by atoms with Crippen LogP contribution in [-0.4, -0.2) is 102 Å². The van der Waals surface area contributed by atoms with Crippen LogP contribution in [0.4, 0.5) is 0 Å². The Morgan fingerprint density at radius 3 is 1.84 bits per heavy atom. The van der Waals surface area contributed by atoms with E-state index in [0.717, 1.165) is 76.6 Å². The monoisotopic (exact) mass is 758 g/mol. The smallest absolute Gasteiger partial charge is 0.264 e. The molecule has 0 radical (unpaired) electrons. The van der Waals surface area contributed by atoms with Crippen molar-refractivity contribution in [2.45, 2.75) is 110 Å². The molecule has 0 N–H and O–H groups in total. The second-order valence-corrected chi connectivity index (χ2v) is 20.7. The third-order valence-electron chi connectivity index (χ3n) is 12.6. The van der Waals surface area contributed by atoms with Crippen molar-refractivity contribution in [1.29, 1.82) is 0 Å². The minimum Gasteiger partial charge on any atom is -0.376 e. The summed E-state index contributed by atoms with van der Waals surface area (Å²) in [4.78, 5) is 0. The molecule has 4 aliphatic carbocycles. The van der Waals surface area contributed by atoms with Gasteiger partial charge in [-0.25, -0.2) is 0 Å². The summed E-state index contributed by atoms with van der Waals surface area (Å²) in [7, 11) is -10.7. The zero-order valence-corrected chi connectivity index (χ0v) is 33.1. The van der Waals surface area contributed by atoms with Gasteiger partial charge in [-0.1, -0.05) is 47.0 Å². The van der Waals surface area contributed by atoms with Crippen LogP contribution >= 0.6 is 0 Å². The predicted octanol–water partition coefficient (Wildman–Crippen LogP) is 4.78. The van der Waals surface area contributed by atoms with Gasteiger partial charge in [0.2, 0.25) is 0 Å². The van der Waals surface area contributed by atoms with Gasteiger partial charge in [0.05, 0.1) is 76.7 Å². The molecule has 15 heteroatoms. The summed E-state index contributed by atoms with van der Waals surface area (Å²) in [6.45, 7) is 9.90. The van der Waals surface area contributed by atoms with Crippen LogP contribution in [0.2, 0.25) is 0 Å². The van der Waals surface area contributed by atoms with E-state index in [0.29, 0.717) is 17.8 Å². The van der Waals surface area contributed by atoms with Crippen molar-refractivity contribution in [3.05, 3.63) is 0 Å². The first-order valence-corrected chi connectivity index (χ1v) is 23.6. The van der Waals surface area contributed by atoms with E-state index < -0.39 is 30.4 Å². The van der Waals surface area contributed by atoms with E-state index in [4.69, 9.17) is 26.8 Å². The summed E-state index contributed by atoms with van der Waals surface area (Å²) in [5.74, 6) is 2.07. The molecule has 4 saturated carbocycles. The molecule has 0 amide bonds. The van der Waals surface area contributed by atoms with Crippen LogP contribution in [0.15, 0.2) is 0 Å². The largest absolute Gasteiger partial charge is 0.376 e. The SMILES string of the molecule is CCCC[C@@H](C)[C@H]1CC[C@H]2[C@@H]3[C@H](OCCOS(C)(=O)=O)C[C@@H]4C[C@H](OCCOS(C)(=O)=O)CC[C@]4(C)[C@H]3C[C@H](OCCOS(C)(=O)=O)[C@]12C. The summed E-state index contributed by atoms with van der Waals surface area (Å²) >= 11 is 0. The third kappa shape index (κ3) is 10.6. The Balaban J connectivity index is 1.62. The van der Waals surface area contributed by atoms with Crippen molar-refractivity contribution in [3.63, 3.8) is 0 Å². The molecule has 0 aromatic carbocycles. The molecule has 0 unspecified atom stereocenters. The maximum atomic E-state index is 11.7. The van der Waals surface area contributed by atoms with Gasteiger partial charge >= 0.3 is 0 Å². The zero-order valence-electron chi connectivity index (χ0n) is 30.6. The molecule has 4 rings (SSSR count). The van der Waals surface area contributed by atoms with Crippen LogP contribution < -0.4 is 0 Å². The van der Waals surface area contributed by atoms with Gasteiger partial charge in [-0.05, 0) is 85.9 Å². The highest BCUT2D eigenvalue weighted by Gasteiger charge is 2.66. The second kappa shape index (κ2) is 16.7. The summed E-state index contributed by atoms with van der Waals surface area (Å²) in [6, 6.07) is 0. The van der Waals surface area contributed by atoms with Gasteiger partial charge in [-0.15, -0.1) is 0 Å². The number of fused-ring (bicyclic) bond motifs is 5. The molecule has 4 aliphatic rings. The maximum Gasteiger partial charge on any atom is 0.264 e. The summed E-state index contributed by atoms with van der Waals surface area (Å²) in [5.41, 5.74) is -0.164. The lowest BCUT2D eigenvalue weighted by atomic mass is 9.43. The molecule has 4 fully saturated rings. The van der Waals surface area contributed by atoms with Gasteiger partial charge in [-0.3, -0.25) is 12.5 Å². The zero-order chi connectivity index (χ0) is 36.3. The molecule has 0 aromatic heterocycles. The van der Waals surface area contributed by atoms with E-state index in [9.17, 15) is 25.3 Å². The van der Waals surface area contributed by atoms with Gasteiger partial charge < -0.3 is 14.2 Å². The quantitative estimate of drug-likeness (QED) is 0.131. The number of ether oxygens (including phenoxy) is 3. The van der Waals surface area contributed by atoms with E-state index >= 15 is 0 Å². The molecular formula is C34H62O12S3. The maximum absolute atomic E-state index is 11.7. The molecule has 0 spiro atoms. The van der Waals surface area contributed by atoms with E-state index in [-0.39, 0.29) is 86.5 Å². The van der Waals surface area contributed by atoms with Crippen molar-refractivity contribution < 1.29 is 52.0 Å². The standard InChI is InChI=1S/C34H62O12S3/c1-8-9-10-24(2)27-11-12-28-32-29(23-31(34(27,28)4)43-17-20-46-49(7,39)40)33(3)14-13-26(41-15-18-44-47(5,35)36)21-25(33)22-30(32)42-16-19-45-48(6,37)38/h24-32H,8-23H2,1-7H3/t24-,25+,26-,27-,28+,29+,30-,31+,32+,33+,34-/m1/s1. The molecule has 12 nitrogen and oxygen atoms in total. The van der Waals surface area contributed by atoms with Gasteiger partial charge in [0.1, 0.15) is 0 Å². The highest BCUT2D eigenvalue weighted by atomic mass is 32.2. The van der Waals surface area contributed by atoms with Crippen molar-refractivity contribution in [3.8, 4) is 0 Å². The topological polar surface area (TPSA) is 158 Å².